The lowest BCUT2D eigenvalue weighted by Crippen LogP contribution is -1.97. The number of benzene rings is 2. The van der Waals surface area contributed by atoms with Gasteiger partial charge in [-0.25, -0.2) is 8.78 Å². The Bertz CT molecular complexity index is 553. The van der Waals surface area contributed by atoms with E-state index in [2.05, 4.69) is 5.32 Å². The Hall–Kier alpha value is -2.30. The predicted molar refractivity (Wildman–Crippen MR) is 67.0 cm³/mol. The van der Waals surface area contributed by atoms with E-state index in [1.807, 2.05) is 0 Å². The molecular formula is C13H12F2N2O. The maximum Gasteiger partial charge on any atom is 0.145 e. The third-order valence-electron chi connectivity index (χ3n) is 2.36. The van der Waals surface area contributed by atoms with Crippen molar-refractivity contribution in [3.8, 4) is 5.75 Å². The molecular weight excluding hydrogens is 238 g/mol. The molecule has 0 aliphatic carbocycles. The number of methoxy groups -OCH3 is 1. The van der Waals surface area contributed by atoms with E-state index < -0.39 is 11.6 Å². The van der Waals surface area contributed by atoms with Crippen molar-refractivity contribution in [1.82, 2.24) is 0 Å². The zero-order valence-corrected chi connectivity index (χ0v) is 9.71. The van der Waals surface area contributed by atoms with Gasteiger partial charge < -0.3 is 15.8 Å². The number of anilines is 3. The average Bonchev–Trinajstić information content (AvgIpc) is 2.30. The van der Waals surface area contributed by atoms with Gasteiger partial charge in [-0.15, -0.1) is 0 Å². The molecule has 3 nitrogen and oxygen atoms in total. The van der Waals surface area contributed by atoms with Crippen LogP contribution in [0.2, 0.25) is 0 Å². The number of nitrogens with one attached hydrogen (secondary N) is 1. The quantitative estimate of drug-likeness (QED) is 0.822. The number of hydrogen-bond donors (Lipinski definition) is 2. The number of halogens is 2. The summed E-state index contributed by atoms with van der Waals surface area (Å²) in [5, 5.41) is 2.92. The van der Waals surface area contributed by atoms with Crippen molar-refractivity contribution >= 4 is 17.1 Å². The monoisotopic (exact) mass is 250 g/mol. The van der Waals surface area contributed by atoms with Gasteiger partial charge in [0.2, 0.25) is 0 Å². The molecule has 0 atom stereocenters. The SMILES string of the molecule is COc1cc(F)ccc1Nc1cc(N)cc(F)c1. The zero-order chi connectivity index (χ0) is 13.1. The highest BCUT2D eigenvalue weighted by Gasteiger charge is 2.06. The van der Waals surface area contributed by atoms with Gasteiger partial charge in [-0.05, 0) is 30.3 Å². The van der Waals surface area contributed by atoms with E-state index in [0.717, 1.165) is 0 Å². The zero-order valence-electron chi connectivity index (χ0n) is 9.71. The lowest BCUT2D eigenvalue weighted by Gasteiger charge is -2.11. The molecule has 2 rings (SSSR count). The minimum Gasteiger partial charge on any atom is -0.494 e. The van der Waals surface area contributed by atoms with E-state index in [9.17, 15) is 8.78 Å². The molecule has 0 radical (unpaired) electrons. The molecule has 0 bridgehead atoms. The summed E-state index contributed by atoms with van der Waals surface area (Å²) < 4.78 is 31.2. The van der Waals surface area contributed by atoms with Gasteiger partial charge >= 0.3 is 0 Å². The Morgan fingerprint density at radius 2 is 1.83 bits per heavy atom. The molecule has 2 aromatic rings. The highest BCUT2D eigenvalue weighted by molar-refractivity contribution is 5.68. The Balaban J connectivity index is 2.33. The van der Waals surface area contributed by atoms with Crippen molar-refractivity contribution < 1.29 is 13.5 Å². The molecule has 0 amide bonds. The van der Waals surface area contributed by atoms with Crippen molar-refractivity contribution in [2.45, 2.75) is 0 Å². The van der Waals surface area contributed by atoms with Gasteiger partial charge in [-0.2, -0.15) is 0 Å². The predicted octanol–water partition coefficient (Wildman–Crippen LogP) is 3.30. The Morgan fingerprint density at radius 1 is 1.06 bits per heavy atom. The van der Waals surface area contributed by atoms with Crippen LogP contribution in [-0.4, -0.2) is 7.11 Å². The third kappa shape index (κ3) is 2.68. The van der Waals surface area contributed by atoms with Crippen LogP contribution in [0.5, 0.6) is 5.75 Å². The first-order chi connectivity index (χ1) is 8.58. The fourth-order valence-electron chi connectivity index (χ4n) is 1.61. The number of nitrogens with two attached hydrogens (primary N) is 1. The van der Waals surface area contributed by atoms with E-state index in [4.69, 9.17) is 10.5 Å². The second-order valence-electron chi connectivity index (χ2n) is 3.74. The highest BCUT2D eigenvalue weighted by atomic mass is 19.1. The van der Waals surface area contributed by atoms with Gasteiger partial charge in [-0.3, -0.25) is 0 Å². The van der Waals surface area contributed by atoms with Gasteiger partial charge in [0.25, 0.3) is 0 Å². The van der Waals surface area contributed by atoms with Crippen LogP contribution in [0.3, 0.4) is 0 Å². The number of nitrogen functional groups attached to an aromatic ring is 1. The van der Waals surface area contributed by atoms with Crippen LogP contribution in [0.4, 0.5) is 25.8 Å². The van der Waals surface area contributed by atoms with Gasteiger partial charge in [0.1, 0.15) is 17.4 Å². The van der Waals surface area contributed by atoms with Crippen molar-refractivity contribution in [2.75, 3.05) is 18.2 Å². The van der Waals surface area contributed by atoms with E-state index >= 15 is 0 Å². The summed E-state index contributed by atoms with van der Waals surface area (Å²) in [6.45, 7) is 0. The molecule has 5 heteroatoms. The van der Waals surface area contributed by atoms with E-state index in [-0.39, 0.29) is 0 Å². The summed E-state index contributed by atoms with van der Waals surface area (Å²) in [5.41, 5.74) is 6.84. The van der Waals surface area contributed by atoms with E-state index in [1.54, 1.807) is 6.07 Å². The number of hydrogen-bond acceptors (Lipinski definition) is 3. The van der Waals surface area contributed by atoms with Crippen LogP contribution >= 0.6 is 0 Å². The fourth-order valence-corrected chi connectivity index (χ4v) is 1.61. The van der Waals surface area contributed by atoms with Gasteiger partial charge in [0, 0.05) is 17.4 Å². The van der Waals surface area contributed by atoms with Crippen molar-refractivity contribution in [1.29, 1.82) is 0 Å². The van der Waals surface area contributed by atoms with Gasteiger partial charge in [0.05, 0.1) is 12.8 Å². The molecule has 0 fully saturated rings. The molecule has 0 saturated carbocycles. The fraction of sp³-hybridized carbons (Fsp3) is 0.0769. The number of ether oxygens (including phenoxy) is 1. The molecule has 18 heavy (non-hydrogen) atoms. The molecule has 94 valence electrons. The minimum absolute atomic E-state index is 0.304. The molecule has 0 unspecified atom stereocenters. The molecule has 2 aromatic carbocycles. The summed E-state index contributed by atoms with van der Waals surface area (Å²) in [4.78, 5) is 0. The molecule has 0 aliphatic heterocycles. The van der Waals surface area contributed by atoms with Crippen molar-refractivity contribution in [2.24, 2.45) is 0 Å². The van der Waals surface area contributed by atoms with Crippen molar-refractivity contribution in [3.63, 3.8) is 0 Å². The van der Waals surface area contributed by atoms with Gasteiger partial charge in [0.15, 0.2) is 0 Å². The second-order valence-corrected chi connectivity index (χ2v) is 3.74. The molecule has 0 saturated heterocycles. The lowest BCUT2D eigenvalue weighted by molar-refractivity contribution is 0.413. The Kier molecular flexibility index (Phi) is 3.32. The molecule has 0 heterocycles. The van der Waals surface area contributed by atoms with E-state index in [0.29, 0.717) is 22.8 Å². The minimum atomic E-state index is -0.446. The summed E-state index contributed by atoms with van der Waals surface area (Å²) in [6.07, 6.45) is 0. The first-order valence-electron chi connectivity index (χ1n) is 5.25. The lowest BCUT2D eigenvalue weighted by atomic mass is 10.2. The second kappa shape index (κ2) is 4.91. The molecule has 3 N–H and O–H groups in total. The summed E-state index contributed by atoms with van der Waals surface area (Å²) in [5.74, 6) is -0.521. The van der Waals surface area contributed by atoms with Gasteiger partial charge in [-0.1, -0.05) is 0 Å². The third-order valence-corrected chi connectivity index (χ3v) is 2.36. The molecule has 0 aliphatic rings. The largest absolute Gasteiger partial charge is 0.494 e. The van der Waals surface area contributed by atoms with Crippen LogP contribution in [0.25, 0.3) is 0 Å². The summed E-state index contributed by atoms with van der Waals surface area (Å²) in [7, 11) is 1.43. The highest BCUT2D eigenvalue weighted by Crippen LogP contribution is 2.29. The summed E-state index contributed by atoms with van der Waals surface area (Å²) in [6, 6.07) is 8.12. The first-order valence-corrected chi connectivity index (χ1v) is 5.25. The van der Waals surface area contributed by atoms with Crippen LogP contribution in [0.1, 0.15) is 0 Å². The van der Waals surface area contributed by atoms with Crippen LogP contribution in [0, 0.1) is 11.6 Å². The maximum atomic E-state index is 13.2. The Morgan fingerprint density at radius 3 is 2.50 bits per heavy atom. The first kappa shape index (κ1) is 12.2. The van der Waals surface area contributed by atoms with Crippen LogP contribution < -0.4 is 15.8 Å². The molecule has 0 spiro atoms. The van der Waals surface area contributed by atoms with E-state index in [1.165, 1.54) is 37.4 Å². The van der Waals surface area contributed by atoms with Crippen molar-refractivity contribution in [3.05, 3.63) is 48.0 Å². The smallest absolute Gasteiger partial charge is 0.145 e. The van der Waals surface area contributed by atoms with Crippen LogP contribution in [-0.2, 0) is 0 Å². The number of rotatable bonds is 3. The van der Waals surface area contributed by atoms with Crippen LogP contribution in [0.15, 0.2) is 36.4 Å². The Labute approximate surface area is 103 Å². The molecule has 0 aromatic heterocycles. The topological polar surface area (TPSA) is 47.3 Å². The normalized spacial score (nSPS) is 10.2. The summed E-state index contributed by atoms with van der Waals surface area (Å²) >= 11 is 0. The standard InChI is InChI=1S/C13H12F2N2O/c1-18-13-6-8(14)2-3-12(13)17-11-5-9(15)4-10(16)7-11/h2-7,17H,16H2,1H3. The average molecular weight is 250 g/mol. The maximum absolute atomic E-state index is 13.2.